The van der Waals surface area contributed by atoms with Crippen molar-refractivity contribution in [3.8, 4) is 0 Å². The van der Waals surface area contributed by atoms with E-state index in [1.165, 1.54) is 6.20 Å². The Morgan fingerprint density at radius 3 is 3.00 bits per heavy atom. The number of rotatable bonds is 3. The summed E-state index contributed by atoms with van der Waals surface area (Å²) in [6, 6.07) is 0. The largest absolute Gasteiger partial charge is 0.476 e. The van der Waals surface area contributed by atoms with Crippen LogP contribution in [-0.2, 0) is 0 Å². The van der Waals surface area contributed by atoms with Crippen LogP contribution in [0.5, 0.6) is 0 Å². The minimum Gasteiger partial charge on any atom is -0.476 e. The lowest BCUT2D eigenvalue weighted by Crippen LogP contribution is -2.08. The van der Waals surface area contributed by atoms with Gasteiger partial charge in [0.1, 0.15) is 0 Å². The second-order valence-corrected chi connectivity index (χ2v) is 3.04. The first-order chi connectivity index (χ1) is 6.65. The molecule has 5 nitrogen and oxygen atoms in total. The highest BCUT2D eigenvalue weighted by Crippen LogP contribution is 2.07. The van der Waals surface area contributed by atoms with Crippen LogP contribution in [0.1, 0.15) is 16.2 Å². The summed E-state index contributed by atoms with van der Waals surface area (Å²) in [5.41, 5.74) is 5.58. The van der Waals surface area contributed by atoms with Gasteiger partial charge in [-0.15, -0.1) is 0 Å². The summed E-state index contributed by atoms with van der Waals surface area (Å²) in [6.07, 6.45) is 4.86. The number of aromatic nitrogens is 2. The predicted molar refractivity (Wildman–Crippen MR) is 56.2 cm³/mol. The number of halogens is 1. The Balaban J connectivity index is 3.06. The van der Waals surface area contributed by atoms with Crippen molar-refractivity contribution in [3.63, 3.8) is 0 Å². The minimum atomic E-state index is -1.18. The summed E-state index contributed by atoms with van der Waals surface area (Å²) in [4.78, 5) is 18.2. The lowest BCUT2D eigenvalue weighted by molar-refractivity contribution is 0.0691. The van der Waals surface area contributed by atoms with Gasteiger partial charge in [0.15, 0.2) is 11.5 Å². The molecule has 1 heterocycles. The molecule has 0 fully saturated rings. The van der Waals surface area contributed by atoms with Crippen LogP contribution in [0.3, 0.4) is 0 Å². The van der Waals surface area contributed by atoms with E-state index in [1.54, 1.807) is 12.2 Å². The number of aromatic carboxylic acids is 1. The topological polar surface area (TPSA) is 89.1 Å². The van der Waals surface area contributed by atoms with Gasteiger partial charge in [-0.2, -0.15) is 0 Å². The molecular weight excluding hydrogens is 250 g/mol. The lowest BCUT2D eigenvalue weighted by atomic mass is 10.3. The van der Waals surface area contributed by atoms with Crippen molar-refractivity contribution in [2.45, 2.75) is 0 Å². The number of carboxylic acid groups (broad SMARTS) is 1. The highest BCUT2D eigenvalue weighted by atomic mass is 79.9. The van der Waals surface area contributed by atoms with Gasteiger partial charge in [0.05, 0.1) is 11.9 Å². The van der Waals surface area contributed by atoms with Gasteiger partial charge in [-0.3, -0.25) is 0 Å². The number of alkyl halides is 1. The summed E-state index contributed by atoms with van der Waals surface area (Å²) in [6.45, 7) is 0. The Kier molecular flexibility index (Phi) is 3.58. The van der Waals surface area contributed by atoms with Crippen molar-refractivity contribution in [2.75, 3.05) is 11.1 Å². The van der Waals surface area contributed by atoms with Crippen molar-refractivity contribution in [2.24, 2.45) is 0 Å². The van der Waals surface area contributed by atoms with Crippen LogP contribution in [0.25, 0.3) is 6.08 Å². The van der Waals surface area contributed by atoms with Crippen molar-refractivity contribution in [1.29, 1.82) is 0 Å². The number of carbonyl (C=O) groups is 1. The third kappa shape index (κ3) is 2.53. The maximum Gasteiger partial charge on any atom is 0.358 e. The summed E-state index contributed by atoms with van der Waals surface area (Å²) < 4.78 is 0. The third-order valence-electron chi connectivity index (χ3n) is 1.40. The first kappa shape index (κ1) is 10.6. The van der Waals surface area contributed by atoms with Crippen LogP contribution < -0.4 is 5.73 Å². The molecule has 0 aromatic carbocycles. The summed E-state index contributed by atoms with van der Waals surface area (Å²) in [7, 11) is 0. The van der Waals surface area contributed by atoms with Gasteiger partial charge in [-0.1, -0.05) is 22.0 Å². The molecule has 0 amide bonds. The van der Waals surface area contributed by atoms with Crippen molar-refractivity contribution in [1.82, 2.24) is 9.97 Å². The second kappa shape index (κ2) is 4.71. The lowest BCUT2D eigenvalue weighted by Gasteiger charge is -1.99. The number of anilines is 1. The number of nitrogens with two attached hydrogens (primary N) is 1. The van der Waals surface area contributed by atoms with Crippen LogP contribution in [0.4, 0.5) is 5.82 Å². The Bertz CT molecular complexity index is 379. The number of carboxylic acids is 1. The van der Waals surface area contributed by atoms with Gasteiger partial charge in [0.2, 0.25) is 0 Å². The highest BCUT2D eigenvalue weighted by Gasteiger charge is 2.10. The highest BCUT2D eigenvalue weighted by molar-refractivity contribution is 9.09. The van der Waals surface area contributed by atoms with E-state index in [0.717, 1.165) is 0 Å². The molecule has 0 atom stereocenters. The molecule has 6 heteroatoms. The zero-order valence-corrected chi connectivity index (χ0v) is 8.73. The first-order valence-corrected chi connectivity index (χ1v) is 4.85. The number of nitrogen functional groups attached to an aromatic ring is 1. The van der Waals surface area contributed by atoms with E-state index in [-0.39, 0.29) is 11.5 Å². The maximum atomic E-state index is 10.6. The van der Waals surface area contributed by atoms with E-state index in [0.29, 0.717) is 11.0 Å². The fourth-order valence-electron chi connectivity index (χ4n) is 0.815. The van der Waals surface area contributed by atoms with Gasteiger partial charge in [0.25, 0.3) is 0 Å². The van der Waals surface area contributed by atoms with Gasteiger partial charge in [0, 0.05) is 5.33 Å². The molecular formula is C8H8BrN3O2. The smallest absolute Gasteiger partial charge is 0.358 e. The molecule has 0 saturated carbocycles. The Morgan fingerprint density at radius 1 is 1.71 bits per heavy atom. The zero-order chi connectivity index (χ0) is 10.6. The molecule has 74 valence electrons. The van der Waals surface area contributed by atoms with E-state index < -0.39 is 5.97 Å². The third-order valence-corrected chi connectivity index (χ3v) is 1.77. The summed E-state index contributed by atoms with van der Waals surface area (Å²) in [5.74, 6) is -1.25. The van der Waals surface area contributed by atoms with E-state index in [1.807, 2.05) is 0 Å². The van der Waals surface area contributed by atoms with E-state index in [4.69, 9.17) is 10.8 Å². The fourth-order valence-corrected chi connectivity index (χ4v) is 1.00. The second-order valence-electron chi connectivity index (χ2n) is 2.39. The van der Waals surface area contributed by atoms with E-state index in [9.17, 15) is 4.79 Å². The average molecular weight is 258 g/mol. The number of nitrogens with zero attached hydrogens (tertiary/aromatic N) is 2. The van der Waals surface area contributed by atoms with Crippen LogP contribution in [0.15, 0.2) is 12.3 Å². The number of allylic oxidation sites excluding steroid dienone is 1. The maximum absolute atomic E-state index is 10.6. The van der Waals surface area contributed by atoms with Crippen molar-refractivity contribution >= 4 is 33.8 Å². The molecule has 1 aromatic heterocycles. The Hall–Kier alpha value is -1.43. The summed E-state index contributed by atoms with van der Waals surface area (Å²) in [5, 5.41) is 9.37. The van der Waals surface area contributed by atoms with E-state index >= 15 is 0 Å². The Morgan fingerprint density at radius 2 is 2.43 bits per heavy atom. The molecule has 0 aliphatic carbocycles. The van der Waals surface area contributed by atoms with Crippen LogP contribution >= 0.6 is 15.9 Å². The molecule has 0 unspecified atom stereocenters. The Labute approximate surface area is 88.8 Å². The monoisotopic (exact) mass is 257 g/mol. The molecule has 1 rings (SSSR count). The summed E-state index contributed by atoms with van der Waals surface area (Å²) >= 11 is 3.19. The van der Waals surface area contributed by atoms with E-state index in [2.05, 4.69) is 25.9 Å². The first-order valence-electron chi connectivity index (χ1n) is 3.73. The van der Waals surface area contributed by atoms with Gasteiger partial charge in [-0.25, -0.2) is 14.8 Å². The van der Waals surface area contributed by atoms with Gasteiger partial charge >= 0.3 is 5.97 Å². The molecule has 0 aliphatic heterocycles. The molecule has 0 spiro atoms. The van der Waals surface area contributed by atoms with Crippen molar-refractivity contribution < 1.29 is 9.90 Å². The molecule has 3 N–H and O–H groups in total. The number of hydrogen-bond donors (Lipinski definition) is 2. The molecule has 0 saturated heterocycles. The van der Waals surface area contributed by atoms with Crippen LogP contribution in [0, 0.1) is 0 Å². The van der Waals surface area contributed by atoms with Gasteiger partial charge < -0.3 is 10.8 Å². The standard InChI is InChI=1S/C8H8BrN3O2/c9-3-1-2-5-4-11-7(10)6(12-5)8(13)14/h1-2,4H,3H2,(H2,10,11)(H,13,14). The SMILES string of the molecule is Nc1ncc(C=CCBr)nc1C(=O)O. The van der Waals surface area contributed by atoms with Crippen LogP contribution in [0.2, 0.25) is 0 Å². The predicted octanol–water partition coefficient (Wildman–Crippen LogP) is 1.17. The molecule has 0 bridgehead atoms. The molecule has 0 aliphatic rings. The minimum absolute atomic E-state index is 0.0755. The van der Waals surface area contributed by atoms with Crippen LogP contribution in [-0.4, -0.2) is 26.4 Å². The average Bonchev–Trinajstić information content (AvgIpc) is 2.16. The molecule has 14 heavy (non-hydrogen) atoms. The fraction of sp³-hybridized carbons (Fsp3) is 0.125. The quantitative estimate of drug-likeness (QED) is 0.794. The normalized spacial score (nSPS) is 10.6. The van der Waals surface area contributed by atoms with Crippen molar-refractivity contribution in [3.05, 3.63) is 23.7 Å². The zero-order valence-electron chi connectivity index (χ0n) is 7.14. The molecule has 1 aromatic rings. The van der Waals surface area contributed by atoms with Gasteiger partial charge in [-0.05, 0) is 6.08 Å². The number of hydrogen-bond acceptors (Lipinski definition) is 4. The molecule has 0 radical (unpaired) electrons.